The van der Waals surface area contributed by atoms with Gasteiger partial charge in [-0.3, -0.25) is 14.3 Å². The van der Waals surface area contributed by atoms with Crippen LogP contribution in [0.5, 0.6) is 5.75 Å². The fraction of sp³-hybridized carbons (Fsp3) is 0.143. The van der Waals surface area contributed by atoms with E-state index in [4.69, 9.17) is 27.9 Å². The molecule has 3 rings (SSSR count). The van der Waals surface area contributed by atoms with Crippen LogP contribution in [0.25, 0.3) is 0 Å². The Bertz CT molecular complexity index is 1200. The van der Waals surface area contributed by atoms with Crippen molar-refractivity contribution in [3.63, 3.8) is 0 Å². The largest absolute Gasteiger partial charge is 0.482 e. The van der Waals surface area contributed by atoms with Crippen LogP contribution in [0.2, 0.25) is 10.0 Å². The van der Waals surface area contributed by atoms with Crippen LogP contribution in [-0.4, -0.2) is 33.9 Å². The van der Waals surface area contributed by atoms with E-state index in [9.17, 15) is 9.59 Å². The van der Waals surface area contributed by atoms with Crippen molar-refractivity contribution >= 4 is 69.0 Å². The highest BCUT2D eigenvalue weighted by molar-refractivity contribution is 14.1. The number of hydrazone groups is 1. The molecule has 0 aliphatic carbocycles. The minimum Gasteiger partial charge on any atom is -0.482 e. The molecule has 1 aromatic heterocycles. The number of carbonyl (C=O) groups is 2. The van der Waals surface area contributed by atoms with Gasteiger partial charge in [-0.15, -0.1) is 0 Å². The molecule has 0 aliphatic heterocycles. The van der Waals surface area contributed by atoms with Gasteiger partial charge in [0.25, 0.3) is 11.8 Å². The van der Waals surface area contributed by atoms with E-state index >= 15 is 0 Å². The lowest BCUT2D eigenvalue weighted by Crippen LogP contribution is -2.21. The molecule has 2 amide bonds. The van der Waals surface area contributed by atoms with Crippen molar-refractivity contribution in [2.24, 2.45) is 12.1 Å². The van der Waals surface area contributed by atoms with Crippen molar-refractivity contribution in [3.8, 4) is 5.75 Å². The average molecular weight is 586 g/mol. The Kier molecular flexibility index (Phi) is 8.10. The van der Waals surface area contributed by atoms with E-state index in [1.807, 2.05) is 28.7 Å². The molecular formula is C21H18Cl2IN5O3. The maximum absolute atomic E-state index is 12.3. The van der Waals surface area contributed by atoms with Gasteiger partial charge in [0, 0.05) is 24.0 Å². The van der Waals surface area contributed by atoms with Gasteiger partial charge in [-0.05, 0) is 65.4 Å². The summed E-state index contributed by atoms with van der Waals surface area (Å²) in [4.78, 5) is 24.5. The Morgan fingerprint density at radius 3 is 2.69 bits per heavy atom. The van der Waals surface area contributed by atoms with Gasteiger partial charge in [0.15, 0.2) is 12.3 Å². The summed E-state index contributed by atoms with van der Waals surface area (Å²) in [7, 11) is 1.74. The molecule has 32 heavy (non-hydrogen) atoms. The van der Waals surface area contributed by atoms with Gasteiger partial charge in [0.1, 0.15) is 5.75 Å². The number of amides is 2. The van der Waals surface area contributed by atoms with Gasteiger partial charge in [-0.25, -0.2) is 5.43 Å². The molecule has 166 valence electrons. The van der Waals surface area contributed by atoms with E-state index in [1.54, 1.807) is 55.2 Å². The quantitative estimate of drug-likeness (QED) is 0.242. The molecule has 3 aromatic rings. The first-order chi connectivity index (χ1) is 15.2. The van der Waals surface area contributed by atoms with Gasteiger partial charge in [0.2, 0.25) is 0 Å². The van der Waals surface area contributed by atoms with Crippen LogP contribution >= 0.6 is 45.8 Å². The smallest absolute Gasteiger partial charge is 0.292 e. The third-order valence-corrected chi connectivity index (χ3v) is 5.46. The number of anilines is 1. The van der Waals surface area contributed by atoms with Crippen LogP contribution in [0.1, 0.15) is 23.0 Å². The minimum absolute atomic E-state index is 0.225. The molecule has 0 aliphatic rings. The number of nitrogens with zero attached hydrogens (tertiary/aromatic N) is 3. The Balaban J connectivity index is 1.60. The number of rotatable bonds is 7. The topological polar surface area (TPSA) is 97.6 Å². The van der Waals surface area contributed by atoms with E-state index in [-0.39, 0.29) is 12.5 Å². The molecule has 2 aromatic carbocycles. The van der Waals surface area contributed by atoms with Gasteiger partial charge >= 0.3 is 0 Å². The second-order valence-electron chi connectivity index (χ2n) is 6.63. The number of aryl methyl sites for hydroxylation is 1. The van der Waals surface area contributed by atoms with Crippen LogP contribution in [0.15, 0.2) is 53.8 Å². The summed E-state index contributed by atoms with van der Waals surface area (Å²) >= 11 is 13.9. The summed E-state index contributed by atoms with van der Waals surface area (Å²) in [5.41, 5.74) is 4.63. The van der Waals surface area contributed by atoms with E-state index < -0.39 is 5.91 Å². The van der Waals surface area contributed by atoms with Gasteiger partial charge in [0.05, 0.1) is 14.3 Å². The SMILES string of the molecule is CC(=NNC(=O)c1nn(C)cc1I)c1cccc(NC(=O)COc2ccc(Cl)cc2Cl)c1. The molecule has 0 saturated heterocycles. The molecule has 2 N–H and O–H groups in total. The Labute approximate surface area is 208 Å². The van der Waals surface area contributed by atoms with Crippen molar-refractivity contribution in [2.45, 2.75) is 6.92 Å². The Morgan fingerprint density at radius 2 is 2.00 bits per heavy atom. The predicted octanol–water partition coefficient (Wildman–Crippen LogP) is 4.50. The predicted molar refractivity (Wildman–Crippen MR) is 133 cm³/mol. The Hall–Kier alpha value is -2.63. The highest BCUT2D eigenvalue weighted by Crippen LogP contribution is 2.27. The fourth-order valence-corrected chi connectivity index (χ4v) is 3.84. The van der Waals surface area contributed by atoms with Gasteiger partial charge < -0.3 is 10.1 Å². The number of halogens is 3. The number of hydrogen-bond acceptors (Lipinski definition) is 5. The van der Waals surface area contributed by atoms with Crippen LogP contribution in [0.4, 0.5) is 5.69 Å². The molecule has 8 nitrogen and oxygen atoms in total. The molecule has 0 bridgehead atoms. The van der Waals surface area contributed by atoms with Crippen molar-refractivity contribution < 1.29 is 14.3 Å². The molecule has 0 spiro atoms. The number of carbonyl (C=O) groups excluding carboxylic acids is 2. The van der Waals surface area contributed by atoms with Crippen molar-refractivity contribution in [1.29, 1.82) is 0 Å². The number of ether oxygens (including phenoxy) is 1. The molecule has 0 fully saturated rings. The fourth-order valence-electron chi connectivity index (χ4n) is 2.62. The lowest BCUT2D eigenvalue weighted by Gasteiger charge is -2.10. The monoisotopic (exact) mass is 585 g/mol. The summed E-state index contributed by atoms with van der Waals surface area (Å²) < 4.78 is 7.72. The first kappa shape index (κ1) is 24.0. The first-order valence-electron chi connectivity index (χ1n) is 9.25. The second kappa shape index (κ2) is 10.8. The van der Waals surface area contributed by atoms with Crippen LogP contribution in [0.3, 0.4) is 0 Å². The summed E-state index contributed by atoms with van der Waals surface area (Å²) in [6.45, 7) is 1.52. The summed E-state index contributed by atoms with van der Waals surface area (Å²) in [6, 6.07) is 11.8. The van der Waals surface area contributed by atoms with Gasteiger partial charge in [-0.1, -0.05) is 35.3 Å². The lowest BCUT2D eigenvalue weighted by molar-refractivity contribution is -0.118. The van der Waals surface area contributed by atoms with Crippen LogP contribution in [0, 0.1) is 3.57 Å². The second-order valence-corrected chi connectivity index (χ2v) is 8.64. The maximum Gasteiger partial charge on any atom is 0.292 e. The highest BCUT2D eigenvalue weighted by atomic mass is 127. The standard InChI is InChI=1S/C21H18Cl2IN5O3/c1-12(26-27-21(31)20-17(24)10-29(2)28-20)13-4-3-5-15(8-13)25-19(30)11-32-18-7-6-14(22)9-16(18)23/h3-10H,11H2,1-2H3,(H,25,30)(H,27,31). The number of aromatic nitrogens is 2. The van der Waals surface area contributed by atoms with E-state index in [1.165, 1.54) is 6.07 Å². The van der Waals surface area contributed by atoms with Crippen molar-refractivity contribution in [1.82, 2.24) is 15.2 Å². The number of nitrogens with one attached hydrogen (secondary N) is 2. The third-order valence-electron chi connectivity index (χ3n) is 4.14. The first-order valence-corrected chi connectivity index (χ1v) is 11.1. The molecule has 0 saturated carbocycles. The molecule has 11 heteroatoms. The lowest BCUT2D eigenvalue weighted by atomic mass is 10.1. The molecule has 0 unspecified atom stereocenters. The zero-order valence-electron chi connectivity index (χ0n) is 17.0. The molecule has 0 radical (unpaired) electrons. The average Bonchev–Trinajstić information content (AvgIpc) is 3.09. The number of benzene rings is 2. The molecule has 0 atom stereocenters. The Morgan fingerprint density at radius 1 is 1.22 bits per heavy atom. The zero-order valence-corrected chi connectivity index (χ0v) is 20.7. The summed E-state index contributed by atoms with van der Waals surface area (Å²) in [5.74, 6) is -0.404. The summed E-state index contributed by atoms with van der Waals surface area (Å²) in [5, 5.41) is 11.8. The molecular weight excluding hydrogens is 568 g/mol. The third kappa shape index (κ3) is 6.44. The van der Waals surface area contributed by atoms with E-state index in [0.717, 1.165) is 9.13 Å². The molecule has 1 heterocycles. The maximum atomic E-state index is 12.3. The van der Waals surface area contributed by atoms with Crippen LogP contribution in [-0.2, 0) is 11.8 Å². The summed E-state index contributed by atoms with van der Waals surface area (Å²) in [6.07, 6.45) is 1.74. The van der Waals surface area contributed by atoms with Crippen molar-refractivity contribution in [2.75, 3.05) is 11.9 Å². The van der Waals surface area contributed by atoms with E-state index in [0.29, 0.717) is 32.9 Å². The highest BCUT2D eigenvalue weighted by Gasteiger charge is 2.14. The minimum atomic E-state index is -0.406. The van der Waals surface area contributed by atoms with Crippen LogP contribution < -0.4 is 15.5 Å². The van der Waals surface area contributed by atoms with Gasteiger partial charge in [-0.2, -0.15) is 10.2 Å². The number of hydrogen-bond donors (Lipinski definition) is 2. The zero-order chi connectivity index (χ0) is 23.3. The van der Waals surface area contributed by atoms with Crippen molar-refractivity contribution in [3.05, 3.63) is 73.5 Å². The normalized spacial score (nSPS) is 11.2. The van der Waals surface area contributed by atoms with E-state index in [2.05, 4.69) is 20.9 Å².